The molecule has 0 radical (unpaired) electrons. The first-order valence-corrected chi connectivity index (χ1v) is 12.1. The molecule has 2 aliphatic heterocycles. The van der Waals surface area contributed by atoms with Crippen LogP contribution >= 0.6 is 0 Å². The van der Waals surface area contributed by atoms with Gasteiger partial charge in [-0.3, -0.25) is 19.2 Å². The molecule has 0 N–H and O–H groups in total. The Hall–Kier alpha value is -1.72. The van der Waals surface area contributed by atoms with Crippen LogP contribution in [-0.4, -0.2) is 23.9 Å². The van der Waals surface area contributed by atoms with Gasteiger partial charge in [0.1, 0.15) is 0 Å². The monoisotopic (exact) mass is 412 g/mol. The van der Waals surface area contributed by atoms with Crippen molar-refractivity contribution in [1.29, 1.82) is 0 Å². The molecule has 0 aromatic rings. The Morgan fingerprint density at radius 2 is 0.667 bits per heavy atom. The van der Waals surface area contributed by atoms with Crippen molar-refractivity contribution in [1.82, 2.24) is 0 Å². The first-order chi connectivity index (χ1) is 14.5. The molecule has 12 atom stereocenters. The number of carbonyl (C=O) groups is 4. The normalized spacial score (nSPS) is 55.7. The summed E-state index contributed by atoms with van der Waals surface area (Å²) in [5, 5.41) is 0. The van der Waals surface area contributed by atoms with E-state index in [1.807, 2.05) is 0 Å². The molecule has 2 heterocycles. The van der Waals surface area contributed by atoms with Crippen LogP contribution in [0.1, 0.15) is 51.4 Å². The minimum Gasteiger partial charge on any atom is -0.393 e. The zero-order valence-electron chi connectivity index (χ0n) is 17.0. The molecule has 7 rings (SSSR count). The van der Waals surface area contributed by atoms with Crippen molar-refractivity contribution in [2.24, 2.45) is 71.0 Å². The van der Waals surface area contributed by atoms with E-state index < -0.39 is 0 Å². The van der Waals surface area contributed by atoms with Crippen LogP contribution in [-0.2, 0) is 28.7 Å². The third-order valence-electron chi connectivity index (χ3n) is 10.7. The summed E-state index contributed by atoms with van der Waals surface area (Å²) in [7, 11) is 0. The van der Waals surface area contributed by atoms with Crippen LogP contribution in [0.2, 0.25) is 0 Å². The SMILES string of the molecule is O=C1OC(=O)[C@H]2CC[C@H]3[C@H]4CC[C@H]5C(=O)OC(=O)[C@H]6CC[C@@H]([C@H]7CCC1[C@@H]2[C@H]73)[C@@H]4[C@H]65. The van der Waals surface area contributed by atoms with Gasteiger partial charge in [0.2, 0.25) is 0 Å². The summed E-state index contributed by atoms with van der Waals surface area (Å²) in [6.07, 6.45) is 7.39. The predicted octanol–water partition coefficient (Wildman–Crippen LogP) is 2.74. The van der Waals surface area contributed by atoms with E-state index in [4.69, 9.17) is 9.47 Å². The van der Waals surface area contributed by atoms with Crippen molar-refractivity contribution in [2.45, 2.75) is 51.4 Å². The fourth-order valence-electron chi connectivity index (χ4n) is 10.0. The van der Waals surface area contributed by atoms with E-state index in [0.29, 0.717) is 35.5 Å². The van der Waals surface area contributed by atoms with Gasteiger partial charge in [-0.15, -0.1) is 0 Å². The van der Waals surface area contributed by atoms with Crippen molar-refractivity contribution in [2.75, 3.05) is 0 Å². The maximum atomic E-state index is 12.6. The molecular formula is C24H28O6. The Bertz CT molecular complexity index is 730. The molecule has 160 valence electrons. The van der Waals surface area contributed by atoms with Crippen LogP contribution in [0.15, 0.2) is 0 Å². The number of cyclic esters (lactones) is 4. The summed E-state index contributed by atoms with van der Waals surface area (Å²) < 4.78 is 10.3. The number of fused-ring (bicyclic) bond motifs is 2. The van der Waals surface area contributed by atoms with Gasteiger partial charge in [0.25, 0.3) is 0 Å². The second-order valence-electron chi connectivity index (χ2n) is 11.2. The molecule has 6 heteroatoms. The number of ether oxygens (including phenoxy) is 2. The van der Waals surface area contributed by atoms with Gasteiger partial charge in [0.15, 0.2) is 0 Å². The summed E-state index contributed by atoms with van der Waals surface area (Å²) in [4.78, 5) is 50.2. The largest absolute Gasteiger partial charge is 0.393 e. The van der Waals surface area contributed by atoms with Gasteiger partial charge in [-0.2, -0.15) is 0 Å². The van der Waals surface area contributed by atoms with Crippen molar-refractivity contribution in [3.8, 4) is 0 Å². The summed E-state index contributed by atoms with van der Waals surface area (Å²) in [6, 6.07) is 0. The van der Waals surface area contributed by atoms with Gasteiger partial charge in [-0.1, -0.05) is 0 Å². The number of hydrogen-bond donors (Lipinski definition) is 0. The third kappa shape index (κ3) is 2.06. The summed E-state index contributed by atoms with van der Waals surface area (Å²) in [5.74, 6) is 1.72. The average molecular weight is 412 g/mol. The molecule has 0 bridgehead atoms. The molecule has 7 aliphatic rings. The minimum absolute atomic E-state index is 0.104. The zero-order chi connectivity index (χ0) is 20.3. The lowest BCUT2D eigenvalue weighted by atomic mass is 9.38. The van der Waals surface area contributed by atoms with E-state index in [1.165, 1.54) is 0 Å². The summed E-state index contributed by atoms with van der Waals surface area (Å²) in [6.45, 7) is 0. The average Bonchev–Trinajstić information content (AvgIpc) is 2.74. The van der Waals surface area contributed by atoms with Crippen molar-refractivity contribution < 1.29 is 28.7 Å². The molecule has 7 fully saturated rings. The van der Waals surface area contributed by atoms with Crippen LogP contribution in [0.25, 0.3) is 0 Å². The molecular weight excluding hydrogens is 384 g/mol. The molecule has 5 aliphatic carbocycles. The molecule has 1 unspecified atom stereocenters. The first kappa shape index (κ1) is 17.9. The maximum absolute atomic E-state index is 12.6. The van der Waals surface area contributed by atoms with Crippen molar-refractivity contribution >= 4 is 23.9 Å². The molecule has 5 saturated carbocycles. The second-order valence-corrected chi connectivity index (χ2v) is 11.2. The topological polar surface area (TPSA) is 86.7 Å². The summed E-state index contributed by atoms with van der Waals surface area (Å²) in [5.41, 5.74) is 0. The Morgan fingerprint density at radius 3 is 0.933 bits per heavy atom. The van der Waals surface area contributed by atoms with Crippen molar-refractivity contribution in [3.05, 3.63) is 0 Å². The molecule has 0 aromatic carbocycles. The lowest BCUT2D eigenvalue weighted by molar-refractivity contribution is -0.222. The van der Waals surface area contributed by atoms with Crippen LogP contribution in [0, 0.1) is 71.0 Å². The van der Waals surface area contributed by atoms with E-state index in [0.717, 1.165) is 51.4 Å². The highest BCUT2D eigenvalue weighted by atomic mass is 16.6. The Labute approximate surface area is 175 Å². The first-order valence-electron chi connectivity index (χ1n) is 12.1. The van der Waals surface area contributed by atoms with Gasteiger partial charge in [-0.05, 0) is 98.7 Å². The fraction of sp³-hybridized carbons (Fsp3) is 0.833. The lowest BCUT2D eigenvalue weighted by Gasteiger charge is -2.66. The van der Waals surface area contributed by atoms with E-state index in [-0.39, 0.29) is 59.4 Å². The highest BCUT2D eigenvalue weighted by molar-refractivity contribution is 5.92. The molecule has 0 spiro atoms. The Balaban J connectivity index is 1.31. The smallest absolute Gasteiger partial charge is 0.316 e. The second kappa shape index (κ2) is 5.95. The van der Waals surface area contributed by atoms with E-state index in [2.05, 4.69) is 0 Å². The number of carbonyl (C=O) groups excluding carboxylic acids is 4. The van der Waals surface area contributed by atoms with Crippen LogP contribution in [0.5, 0.6) is 0 Å². The van der Waals surface area contributed by atoms with E-state index >= 15 is 0 Å². The molecule has 6 nitrogen and oxygen atoms in total. The van der Waals surface area contributed by atoms with E-state index in [9.17, 15) is 19.2 Å². The lowest BCUT2D eigenvalue weighted by Crippen LogP contribution is -2.65. The number of rotatable bonds is 0. The predicted molar refractivity (Wildman–Crippen MR) is 101 cm³/mol. The minimum atomic E-state index is -0.282. The van der Waals surface area contributed by atoms with Gasteiger partial charge < -0.3 is 9.47 Å². The van der Waals surface area contributed by atoms with Gasteiger partial charge in [0.05, 0.1) is 23.7 Å². The van der Waals surface area contributed by atoms with E-state index in [1.54, 1.807) is 0 Å². The summed E-state index contributed by atoms with van der Waals surface area (Å²) >= 11 is 0. The van der Waals surface area contributed by atoms with Crippen molar-refractivity contribution in [3.63, 3.8) is 0 Å². The standard InChI is InChI=1S/C24H28O6/c25-21-13-5-1-9-10-2-6-15-20-16(24(28)30-23(15)27)8-4-12(18(10)20)11-3-7-14(22(26)29-21)19(13)17(9)11/h9-20H,1-8H2/t9-,10+,11+,12-,13-,14+,15+,16?,17-,18+,19+,20-/m1/s1. The highest BCUT2D eigenvalue weighted by Gasteiger charge is 2.67. The van der Waals surface area contributed by atoms with Gasteiger partial charge >= 0.3 is 23.9 Å². The molecule has 2 saturated heterocycles. The third-order valence-corrected chi connectivity index (χ3v) is 10.7. The van der Waals surface area contributed by atoms with Crippen LogP contribution in [0.3, 0.4) is 0 Å². The molecule has 0 aromatic heterocycles. The zero-order valence-corrected chi connectivity index (χ0v) is 17.0. The molecule has 0 amide bonds. The quantitative estimate of drug-likeness (QED) is 0.449. The maximum Gasteiger partial charge on any atom is 0.316 e. The Kier molecular flexibility index (Phi) is 3.55. The number of hydrogen-bond acceptors (Lipinski definition) is 6. The Morgan fingerprint density at radius 1 is 0.400 bits per heavy atom. The van der Waals surface area contributed by atoms with Crippen LogP contribution < -0.4 is 0 Å². The number of esters is 4. The van der Waals surface area contributed by atoms with Gasteiger partial charge in [0, 0.05) is 0 Å². The highest BCUT2D eigenvalue weighted by Crippen LogP contribution is 2.68. The molecule has 30 heavy (non-hydrogen) atoms. The van der Waals surface area contributed by atoms with Gasteiger partial charge in [-0.25, -0.2) is 0 Å². The van der Waals surface area contributed by atoms with Crippen LogP contribution in [0.4, 0.5) is 0 Å². The fourth-order valence-corrected chi connectivity index (χ4v) is 10.0.